The summed E-state index contributed by atoms with van der Waals surface area (Å²) in [7, 11) is 0. The van der Waals surface area contributed by atoms with Gasteiger partial charge >= 0.3 is 0 Å². The number of nitrogens with one attached hydrogen (secondary N) is 2. The highest BCUT2D eigenvalue weighted by molar-refractivity contribution is 7.73. The molecule has 1 amide bonds. The van der Waals surface area contributed by atoms with Crippen LogP contribution in [0.5, 0.6) is 0 Å². The molecular formula is C12H19N3OS2. The predicted octanol–water partition coefficient (Wildman–Crippen LogP) is 2.04. The highest BCUT2D eigenvalue weighted by Crippen LogP contribution is 2.18. The Kier molecular flexibility index (Phi) is 4.53. The summed E-state index contributed by atoms with van der Waals surface area (Å²) in [4.78, 5) is 16.0. The summed E-state index contributed by atoms with van der Waals surface area (Å²) in [6.07, 6.45) is 4.72. The second-order valence-corrected chi connectivity index (χ2v) is 6.63. The fourth-order valence-electron chi connectivity index (χ4n) is 2.35. The van der Waals surface area contributed by atoms with Gasteiger partial charge in [0.25, 0.3) is 0 Å². The molecule has 0 aliphatic heterocycles. The first-order valence-electron chi connectivity index (χ1n) is 6.30. The molecule has 1 aromatic heterocycles. The molecule has 1 aliphatic carbocycles. The maximum atomic E-state index is 12.0. The summed E-state index contributed by atoms with van der Waals surface area (Å²) in [5.41, 5.74) is 7.01. The fourth-order valence-corrected chi connectivity index (χ4v) is 3.64. The van der Waals surface area contributed by atoms with Crippen molar-refractivity contribution in [3.05, 3.63) is 14.5 Å². The largest absolute Gasteiger partial charge is 0.351 e. The van der Waals surface area contributed by atoms with Crippen LogP contribution in [-0.2, 0) is 11.2 Å². The lowest BCUT2D eigenvalue weighted by Crippen LogP contribution is -2.49. The monoisotopic (exact) mass is 285 g/mol. The van der Waals surface area contributed by atoms with Crippen LogP contribution in [0, 0.1) is 10.9 Å². The van der Waals surface area contributed by atoms with Crippen LogP contribution in [0.25, 0.3) is 0 Å². The van der Waals surface area contributed by atoms with Gasteiger partial charge in [0.2, 0.25) is 5.91 Å². The van der Waals surface area contributed by atoms with Crippen molar-refractivity contribution in [3.8, 4) is 0 Å². The van der Waals surface area contributed by atoms with Crippen molar-refractivity contribution in [2.24, 2.45) is 5.73 Å². The average Bonchev–Trinajstić information content (AvgIpc) is 2.61. The predicted molar refractivity (Wildman–Crippen MR) is 76.3 cm³/mol. The zero-order valence-corrected chi connectivity index (χ0v) is 12.1. The molecule has 1 aromatic rings. The van der Waals surface area contributed by atoms with E-state index in [0.717, 1.165) is 33.8 Å². The number of hydrogen-bond acceptors (Lipinski definition) is 4. The zero-order chi connectivity index (χ0) is 13.1. The van der Waals surface area contributed by atoms with Crippen molar-refractivity contribution in [1.82, 2.24) is 10.3 Å². The van der Waals surface area contributed by atoms with Gasteiger partial charge < -0.3 is 16.0 Å². The second kappa shape index (κ2) is 5.95. The minimum absolute atomic E-state index is 0.0469. The van der Waals surface area contributed by atoms with Crippen LogP contribution in [-0.4, -0.2) is 23.0 Å². The molecule has 18 heavy (non-hydrogen) atoms. The average molecular weight is 285 g/mol. The Morgan fingerprint density at radius 1 is 1.56 bits per heavy atom. The van der Waals surface area contributed by atoms with Crippen molar-refractivity contribution in [2.75, 3.05) is 0 Å². The van der Waals surface area contributed by atoms with Gasteiger partial charge in [0, 0.05) is 22.7 Å². The summed E-state index contributed by atoms with van der Waals surface area (Å²) < 4.78 is 0.727. The third kappa shape index (κ3) is 3.40. The van der Waals surface area contributed by atoms with E-state index in [4.69, 9.17) is 18.0 Å². The molecule has 2 rings (SSSR count). The molecule has 1 heterocycles. The van der Waals surface area contributed by atoms with Crippen LogP contribution in [0.2, 0.25) is 0 Å². The Hall–Kier alpha value is -0.720. The summed E-state index contributed by atoms with van der Waals surface area (Å²) in [6, 6.07) is 0.242. The Labute approximate surface area is 116 Å². The van der Waals surface area contributed by atoms with E-state index in [1.165, 1.54) is 17.8 Å². The molecule has 6 heteroatoms. The number of aromatic nitrogens is 1. The molecule has 0 saturated heterocycles. The van der Waals surface area contributed by atoms with Gasteiger partial charge in [0.05, 0.1) is 6.42 Å². The van der Waals surface area contributed by atoms with Crippen molar-refractivity contribution in [3.63, 3.8) is 0 Å². The summed E-state index contributed by atoms with van der Waals surface area (Å²) in [6.45, 7) is 1.95. The van der Waals surface area contributed by atoms with Gasteiger partial charge in [-0.3, -0.25) is 4.79 Å². The molecule has 0 aromatic carbocycles. The van der Waals surface area contributed by atoms with Crippen molar-refractivity contribution in [2.45, 2.75) is 51.1 Å². The van der Waals surface area contributed by atoms with Gasteiger partial charge in [-0.15, -0.1) is 11.3 Å². The van der Waals surface area contributed by atoms with E-state index in [0.29, 0.717) is 6.42 Å². The molecular weight excluding hydrogens is 266 g/mol. The quantitative estimate of drug-likeness (QED) is 0.744. The highest BCUT2D eigenvalue weighted by Gasteiger charge is 2.23. The van der Waals surface area contributed by atoms with Gasteiger partial charge in [-0.2, -0.15) is 0 Å². The Morgan fingerprint density at radius 2 is 2.28 bits per heavy atom. The molecule has 0 bridgehead atoms. The number of aromatic amines is 1. The number of carbonyl (C=O) groups is 1. The molecule has 1 fully saturated rings. The second-order valence-electron chi connectivity index (χ2n) is 4.86. The maximum Gasteiger partial charge on any atom is 0.225 e. The number of H-pyrrole nitrogens is 1. The van der Waals surface area contributed by atoms with E-state index in [1.807, 2.05) is 6.92 Å². The van der Waals surface area contributed by atoms with Crippen LogP contribution >= 0.6 is 23.6 Å². The third-order valence-electron chi connectivity index (χ3n) is 3.41. The third-order valence-corrected chi connectivity index (χ3v) is 4.75. The minimum Gasteiger partial charge on any atom is -0.351 e. The van der Waals surface area contributed by atoms with E-state index < -0.39 is 0 Å². The van der Waals surface area contributed by atoms with E-state index in [-0.39, 0.29) is 18.0 Å². The number of aryl methyl sites for hydroxylation is 1. The lowest BCUT2D eigenvalue weighted by Gasteiger charge is -2.29. The smallest absolute Gasteiger partial charge is 0.225 e. The summed E-state index contributed by atoms with van der Waals surface area (Å²) in [5.74, 6) is 0.0469. The van der Waals surface area contributed by atoms with Crippen LogP contribution in [0.1, 0.15) is 36.3 Å². The van der Waals surface area contributed by atoms with Crippen LogP contribution < -0.4 is 11.1 Å². The van der Waals surface area contributed by atoms with Crippen molar-refractivity contribution in [1.29, 1.82) is 0 Å². The maximum absolute atomic E-state index is 12.0. The molecule has 2 atom stereocenters. The molecule has 0 radical (unpaired) electrons. The lowest BCUT2D eigenvalue weighted by molar-refractivity contribution is -0.121. The number of thiazole rings is 1. The van der Waals surface area contributed by atoms with Gasteiger partial charge in [-0.25, -0.2) is 0 Å². The van der Waals surface area contributed by atoms with E-state index >= 15 is 0 Å². The zero-order valence-electron chi connectivity index (χ0n) is 10.5. The number of hydrogen-bond donors (Lipinski definition) is 3. The van der Waals surface area contributed by atoms with Crippen LogP contribution in [0.3, 0.4) is 0 Å². The van der Waals surface area contributed by atoms with Crippen molar-refractivity contribution >= 4 is 29.5 Å². The molecule has 0 spiro atoms. The number of amides is 1. The normalized spacial score (nSPS) is 23.9. The number of rotatable bonds is 3. The van der Waals surface area contributed by atoms with E-state index in [1.54, 1.807) is 0 Å². The molecule has 4 nitrogen and oxygen atoms in total. The Bertz CT molecular complexity index is 480. The fraction of sp³-hybridized carbons (Fsp3) is 0.667. The highest BCUT2D eigenvalue weighted by atomic mass is 32.1. The van der Waals surface area contributed by atoms with E-state index in [9.17, 15) is 4.79 Å². The van der Waals surface area contributed by atoms with Gasteiger partial charge in [0.15, 0.2) is 3.95 Å². The summed E-state index contributed by atoms with van der Waals surface area (Å²) in [5, 5.41) is 3.05. The number of nitrogens with two attached hydrogens (primary N) is 1. The molecule has 2 unspecified atom stereocenters. The van der Waals surface area contributed by atoms with Gasteiger partial charge in [0.1, 0.15) is 0 Å². The first kappa shape index (κ1) is 13.7. The standard InChI is InChI=1S/C12H19N3OS2/c1-7-10(18-12(17)14-7)6-11(16)15-9-5-3-2-4-8(9)13/h8-9H,2-6,13H2,1H3,(H,14,17)(H,15,16). The topological polar surface area (TPSA) is 70.9 Å². The van der Waals surface area contributed by atoms with Crippen LogP contribution in [0.15, 0.2) is 0 Å². The first-order chi connectivity index (χ1) is 8.56. The number of carbonyl (C=O) groups excluding carboxylic acids is 1. The van der Waals surface area contributed by atoms with Crippen molar-refractivity contribution < 1.29 is 4.79 Å². The molecule has 1 aliphatic rings. The summed E-state index contributed by atoms with van der Waals surface area (Å²) >= 11 is 6.54. The Morgan fingerprint density at radius 3 is 2.89 bits per heavy atom. The molecule has 1 saturated carbocycles. The molecule has 4 N–H and O–H groups in total. The SMILES string of the molecule is Cc1[nH]c(=S)sc1CC(=O)NC1CCCCC1N. The van der Waals surface area contributed by atoms with Gasteiger partial charge in [-0.1, -0.05) is 12.8 Å². The van der Waals surface area contributed by atoms with Crippen LogP contribution in [0.4, 0.5) is 0 Å². The van der Waals surface area contributed by atoms with E-state index in [2.05, 4.69) is 10.3 Å². The molecule has 100 valence electrons. The van der Waals surface area contributed by atoms with Gasteiger partial charge in [-0.05, 0) is 32.0 Å². The first-order valence-corrected chi connectivity index (χ1v) is 7.52. The minimum atomic E-state index is 0.0469. The lowest BCUT2D eigenvalue weighted by atomic mass is 9.91. The Balaban J connectivity index is 1.92.